The number of nitrogens with zero attached hydrogens (tertiary/aromatic N) is 1. The Morgan fingerprint density at radius 2 is 1.10 bits per heavy atom. The molecule has 1 aliphatic rings. The average Bonchev–Trinajstić information content (AvgIpc) is 3.32. The maximum atomic E-state index is 12.6. The molecule has 8 heteroatoms. The summed E-state index contributed by atoms with van der Waals surface area (Å²) in [6.45, 7) is 8.51. The number of fused-ring (bicyclic) bond motifs is 3. The van der Waals surface area contributed by atoms with E-state index >= 15 is 0 Å². The monoisotopic (exact) mass is 571 g/mol. The lowest BCUT2D eigenvalue weighted by atomic mass is 9.98. The number of unbranched alkanes of at least 4 members (excludes halogenated alkanes) is 4. The highest BCUT2D eigenvalue weighted by Crippen LogP contribution is 2.44. The first-order chi connectivity index (χ1) is 20.2. The second-order valence-corrected chi connectivity index (χ2v) is 10.2. The van der Waals surface area contributed by atoms with E-state index in [1.54, 1.807) is 11.9 Å². The lowest BCUT2D eigenvalue weighted by Gasteiger charge is -2.19. The highest BCUT2D eigenvalue weighted by molar-refractivity contribution is 5.79. The Morgan fingerprint density at radius 3 is 1.63 bits per heavy atom. The Labute approximate surface area is 246 Å². The minimum absolute atomic E-state index is 0.0546. The van der Waals surface area contributed by atoms with Crippen LogP contribution in [0.25, 0.3) is 11.1 Å². The van der Waals surface area contributed by atoms with Crippen LogP contribution in [0.2, 0.25) is 0 Å². The van der Waals surface area contributed by atoms with Gasteiger partial charge in [-0.2, -0.15) is 0 Å². The average molecular weight is 572 g/mol. The minimum atomic E-state index is -0.349. The van der Waals surface area contributed by atoms with Crippen LogP contribution >= 0.6 is 0 Å². The first-order valence-corrected chi connectivity index (χ1v) is 15.2. The molecule has 0 bridgehead atoms. The molecule has 1 amide bonds. The standard InChI is InChI=1S/C33H49NO7/c1-3-4-5-6-11-17-36-19-21-38-23-25-40-26-24-39-22-20-37-18-16-34(2)33(35)41-27-32-30-14-9-7-12-28(30)29-13-8-10-15-31(29)32/h7-10,12-15,32H,3-6,11,16-27H2,1-2H3. The fraction of sp³-hybridized carbons (Fsp3) is 0.606. The van der Waals surface area contributed by atoms with E-state index in [-0.39, 0.29) is 12.0 Å². The van der Waals surface area contributed by atoms with E-state index in [2.05, 4.69) is 31.2 Å². The normalized spacial score (nSPS) is 12.3. The van der Waals surface area contributed by atoms with Gasteiger partial charge in [0.1, 0.15) is 6.61 Å². The number of likely N-dealkylation sites (N-methyl/N-ethyl adjacent to an activating group) is 1. The van der Waals surface area contributed by atoms with Crippen molar-refractivity contribution in [3.63, 3.8) is 0 Å². The number of amides is 1. The van der Waals surface area contributed by atoms with Crippen LogP contribution in [0, 0.1) is 0 Å². The lowest BCUT2D eigenvalue weighted by Crippen LogP contribution is -2.32. The molecule has 3 rings (SSSR count). The van der Waals surface area contributed by atoms with Crippen LogP contribution in [0.4, 0.5) is 4.79 Å². The summed E-state index contributed by atoms with van der Waals surface area (Å²) in [7, 11) is 1.72. The molecule has 0 aliphatic heterocycles. The summed E-state index contributed by atoms with van der Waals surface area (Å²) in [4.78, 5) is 14.1. The summed E-state index contributed by atoms with van der Waals surface area (Å²) < 4.78 is 33.4. The summed E-state index contributed by atoms with van der Waals surface area (Å²) in [5.41, 5.74) is 4.84. The highest BCUT2D eigenvalue weighted by Gasteiger charge is 2.29. The third-order valence-corrected chi connectivity index (χ3v) is 7.10. The molecular weight excluding hydrogens is 522 g/mol. The van der Waals surface area contributed by atoms with Crippen LogP contribution in [-0.4, -0.2) is 97.3 Å². The van der Waals surface area contributed by atoms with Gasteiger partial charge >= 0.3 is 6.09 Å². The Bertz CT molecular complexity index is 940. The van der Waals surface area contributed by atoms with Gasteiger partial charge in [-0.15, -0.1) is 0 Å². The number of carbonyl (C=O) groups is 1. The smallest absolute Gasteiger partial charge is 0.409 e. The van der Waals surface area contributed by atoms with Crippen LogP contribution in [0.3, 0.4) is 0 Å². The van der Waals surface area contributed by atoms with Gasteiger partial charge in [0.25, 0.3) is 0 Å². The van der Waals surface area contributed by atoms with Crippen LogP contribution in [-0.2, 0) is 28.4 Å². The number of benzene rings is 2. The van der Waals surface area contributed by atoms with Crippen molar-refractivity contribution in [2.24, 2.45) is 0 Å². The molecule has 0 heterocycles. The van der Waals surface area contributed by atoms with Crippen molar-refractivity contribution in [3.8, 4) is 11.1 Å². The Balaban J connectivity index is 1.11. The van der Waals surface area contributed by atoms with Gasteiger partial charge in [0, 0.05) is 26.1 Å². The molecule has 41 heavy (non-hydrogen) atoms. The first-order valence-electron chi connectivity index (χ1n) is 15.2. The zero-order valence-corrected chi connectivity index (χ0v) is 25.0. The van der Waals surface area contributed by atoms with Crippen molar-refractivity contribution in [2.75, 3.05) is 86.3 Å². The molecule has 0 N–H and O–H groups in total. The fourth-order valence-electron chi connectivity index (χ4n) is 4.79. The van der Waals surface area contributed by atoms with Crippen molar-refractivity contribution in [1.29, 1.82) is 0 Å². The van der Waals surface area contributed by atoms with E-state index in [4.69, 9.17) is 28.4 Å². The summed E-state index contributed by atoms with van der Waals surface area (Å²) in [5, 5.41) is 0. The molecule has 0 atom stereocenters. The number of rotatable bonds is 23. The van der Waals surface area contributed by atoms with Gasteiger partial charge in [-0.25, -0.2) is 4.79 Å². The van der Waals surface area contributed by atoms with Gasteiger partial charge in [-0.05, 0) is 28.7 Å². The maximum Gasteiger partial charge on any atom is 0.409 e. The van der Waals surface area contributed by atoms with Gasteiger partial charge in [0.05, 0.1) is 59.5 Å². The molecule has 0 saturated heterocycles. The van der Waals surface area contributed by atoms with E-state index in [0.717, 1.165) is 13.0 Å². The van der Waals surface area contributed by atoms with Gasteiger partial charge in [0.15, 0.2) is 0 Å². The molecule has 8 nitrogen and oxygen atoms in total. The maximum absolute atomic E-state index is 12.6. The predicted octanol–water partition coefficient (Wildman–Crippen LogP) is 5.92. The zero-order chi connectivity index (χ0) is 29.0. The van der Waals surface area contributed by atoms with E-state index in [0.29, 0.717) is 72.6 Å². The SMILES string of the molecule is CCCCCCCOCCOCCOCCOCCOCCN(C)C(=O)OCC1c2ccccc2-c2ccccc21. The second-order valence-electron chi connectivity index (χ2n) is 10.2. The van der Waals surface area contributed by atoms with Crippen molar-refractivity contribution >= 4 is 6.09 Å². The molecule has 0 spiro atoms. The van der Waals surface area contributed by atoms with Crippen molar-refractivity contribution in [1.82, 2.24) is 4.90 Å². The molecule has 0 aromatic heterocycles. The Morgan fingerprint density at radius 1 is 0.634 bits per heavy atom. The summed E-state index contributed by atoms with van der Waals surface area (Å²) in [5.74, 6) is 0.0546. The number of hydrogen-bond acceptors (Lipinski definition) is 7. The Hall–Kier alpha value is -2.49. The van der Waals surface area contributed by atoms with Crippen molar-refractivity contribution in [3.05, 3.63) is 59.7 Å². The summed E-state index contributed by atoms with van der Waals surface area (Å²) in [6, 6.07) is 16.6. The third kappa shape index (κ3) is 12.1. The van der Waals surface area contributed by atoms with Crippen molar-refractivity contribution < 1.29 is 33.2 Å². The van der Waals surface area contributed by atoms with Crippen molar-refractivity contribution in [2.45, 2.75) is 44.9 Å². The molecule has 0 saturated carbocycles. The third-order valence-electron chi connectivity index (χ3n) is 7.10. The number of carbonyl (C=O) groups excluding carboxylic acids is 1. The molecule has 228 valence electrons. The van der Waals surface area contributed by atoms with Gasteiger partial charge in [0.2, 0.25) is 0 Å². The predicted molar refractivity (Wildman–Crippen MR) is 161 cm³/mol. The van der Waals surface area contributed by atoms with E-state index in [9.17, 15) is 4.79 Å². The fourth-order valence-corrected chi connectivity index (χ4v) is 4.79. The second kappa shape index (κ2) is 20.4. The van der Waals surface area contributed by atoms with Crippen LogP contribution in [0.15, 0.2) is 48.5 Å². The quantitative estimate of drug-likeness (QED) is 0.153. The molecule has 2 aromatic rings. The molecular formula is C33H49NO7. The number of hydrogen-bond donors (Lipinski definition) is 0. The first kappa shape index (κ1) is 33.0. The van der Waals surface area contributed by atoms with Crippen LogP contribution in [0.5, 0.6) is 0 Å². The zero-order valence-electron chi connectivity index (χ0n) is 25.0. The molecule has 0 radical (unpaired) electrons. The van der Waals surface area contributed by atoms with Gasteiger partial charge < -0.3 is 33.3 Å². The molecule has 1 aliphatic carbocycles. The largest absolute Gasteiger partial charge is 0.448 e. The number of ether oxygens (including phenoxy) is 6. The van der Waals surface area contributed by atoms with E-state index in [1.165, 1.54) is 47.9 Å². The highest BCUT2D eigenvalue weighted by atomic mass is 16.6. The summed E-state index contributed by atoms with van der Waals surface area (Å²) in [6.07, 6.45) is 5.91. The van der Waals surface area contributed by atoms with Crippen LogP contribution < -0.4 is 0 Å². The summed E-state index contributed by atoms with van der Waals surface area (Å²) >= 11 is 0. The van der Waals surface area contributed by atoms with E-state index < -0.39 is 0 Å². The molecule has 0 unspecified atom stereocenters. The molecule has 0 fully saturated rings. The van der Waals surface area contributed by atoms with Gasteiger partial charge in [-0.3, -0.25) is 0 Å². The van der Waals surface area contributed by atoms with Gasteiger partial charge in [-0.1, -0.05) is 81.1 Å². The lowest BCUT2D eigenvalue weighted by molar-refractivity contribution is -0.0121. The topological polar surface area (TPSA) is 75.7 Å². The van der Waals surface area contributed by atoms with E-state index in [1.807, 2.05) is 24.3 Å². The van der Waals surface area contributed by atoms with Crippen LogP contribution in [0.1, 0.15) is 56.1 Å². The molecule has 2 aromatic carbocycles. The Kier molecular flexibility index (Phi) is 16.4. The minimum Gasteiger partial charge on any atom is -0.448 e.